The lowest BCUT2D eigenvalue weighted by Gasteiger charge is -2.31. The third-order valence-corrected chi connectivity index (χ3v) is 3.00. The molecular weight excluding hydrogens is 284 g/mol. The van der Waals surface area contributed by atoms with E-state index in [1.54, 1.807) is 0 Å². The molecule has 0 fully saturated rings. The summed E-state index contributed by atoms with van der Waals surface area (Å²) in [5.41, 5.74) is 7.48. The largest absolute Gasteiger partial charge is 0.396 e. The lowest BCUT2D eigenvalue weighted by Crippen LogP contribution is -2.43. The third kappa shape index (κ3) is 8.61. The van der Waals surface area contributed by atoms with Gasteiger partial charge < -0.3 is 46.8 Å². The number of aliphatic hydroxyl groups excluding tert-OH is 6. The van der Waals surface area contributed by atoms with Gasteiger partial charge in [-0.1, -0.05) is 0 Å². The topological polar surface area (TPSA) is 183 Å². The molecule has 0 radical (unpaired) electrons. The Labute approximate surface area is 124 Å². The van der Waals surface area contributed by atoms with E-state index >= 15 is 0 Å². The average Bonchev–Trinajstić information content (AvgIpc) is 2.56. The predicted molar refractivity (Wildman–Crippen MR) is 76.3 cm³/mol. The van der Waals surface area contributed by atoms with Crippen molar-refractivity contribution in [3.8, 4) is 0 Å². The van der Waals surface area contributed by atoms with Gasteiger partial charge in [0.25, 0.3) is 0 Å². The molecule has 0 aromatic rings. The van der Waals surface area contributed by atoms with E-state index in [1.807, 2.05) is 0 Å². The predicted octanol–water partition coefficient (Wildman–Crippen LogP) is -4.17. The highest BCUT2D eigenvalue weighted by Gasteiger charge is 2.32. The maximum absolute atomic E-state index is 9.03. The Balaban J connectivity index is 0. The van der Waals surface area contributed by atoms with E-state index in [-0.39, 0.29) is 13.2 Å². The minimum atomic E-state index is -1.16. The number of aliphatic hydroxyl groups is 6. The van der Waals surface area contributed by atoms with E-state index in [2.05, 4.69) is 0 Å². The fourth-order valence-corrected chi connectivity index (χ4v) is 1.06. The monoisotopic (exact) mass is 314 g/mol. The summed E-state index contributed by atoms with van der Waals surface area (Å²) in [5.74, 6) is 0. The average molecular weight is 314 g/mol. The van der Waals surface area contributed by atoms with Gasteiger partial charge in [-0.05, 0) is 0 Å². The molecule has 0 spiro atoms. The van der Waals surface area contributed by atoms with Crippen molar-refractivity contribution in [3.05, 3.63) is 0 Å². The molecule has 0 unspecified atom stereocenters. The SMILES string of the molecule is NCCN.OCC(CO)(CO)COCC(CO)(CO)CO. The molecule has 10 N–H and O–H groups in total. The zero-order valence-electron chi connectivity index (χ0n) is 12.3. The summed E-state index contributed by atoms with van der Waals surface area (Å²) < 4.78 is 5.15. The van der Waals surface area contributed by atoms with Crippen molar-refractivity contribution >= 4 is 0 Å². The third-order valence-electron chi connectivity index (χ3n) is 3.00. The fourth-order valence-electron chi connectivity index (χ4n) is 1.06. The number of hydrogen-bond acceptors (Lipinski definition) is 9. The van der Waals surface area contributed by atoms with Crippen LogP contribution in [0.25, 0.3) is 0 Å². The minimum absolute atomic E-state index is 0.141. The summed E-state index contributed by atoms with van der Waals surface area (Å²) >= 11 is 0. The molecule has 0 atom stereocenters. The summed E-state index contributed by atoms with van der Waals surface area (Å²) in [6.07, 6.45) is 0. The lowest BCUT2D eigenvalue weighted by molar-refractivity contribution is -0.103. The van der Waals surface area contributed by atoms with Crippen molar-refractivity contribution in [3.63, 3.8) is 0 Å². The summed E-state index contributed by atoms with van der Waals surface area (Å²) in [6, 6.07) is 0. The highest BCUT2D eigenvalue weighted by atomic mass is 16.5. The molecule has 0 saturated heterocycles. The molecule has 0 aliphatic rings. The zero-order chi connectivity index (χ0) is 16.8. The number of ether oxygens (including phenoxy) is 1. The van der Waals surface area contributed by atoms with Crippen LogP contribution in [0, 0.1) is 10.8 Å². The summed E-state index contributed by atoms with van der Waals surface area (Å²) in [6.45, 7) is -1.81. The maximum Gasteiger partial charge on any atom is 0.0629 e. The Morgan fingerprint density at radius 1 is 0.571 bits per heavy atom. The molecule has 0 bridgehead atoms. The summed E-state index contributed by atoms with van der Waals surface area (Å²) in [5, 5.41) is 54.2. The second-order valence-corrected chi connectivity index (χ2v) is 5.02. The molecule has 9 nitrogen and oxygen atoms in total. The fraction of sp³-hybridized carbons (Fsp3) is 1.00. The molecule has 0 aliphatic heterocycles. The highest BCUT2D eigenvalue weighted by molar-refractivity contribution is 4.80. The van der Waals surface area contributed by atoms with Crippen LogP contribution >= 0.6 is 0 Å². The number of hydrogen-bond donors (Lipinski definition) is 8. The highest BCUT2D eigenvalue weighted by Crippen LogP contribution is 2.19. The van der Waals surface area contributed by atoms with Gasteiger partial charge in [-0.2, -0.15) is 0 Å². The molecule has 0 amide bonds. The summed E-state index contributed by atoms with van der Waals surface area (Å²) in [7, 11) is 0. The van der Waals surface area contributed by atoms with E-state index in [0.717, 1.165) is 0 Å². The van der Waals surface area contributed by atoms with E-state index < -0.39 is 50.5 Å². The lowest BCUT2D eigenvalue weighted by atomic mass is 9.91. The molecule has 0 heterocycles. The number of rotatable bonds is 11. The van der Waals surface area contributed by atoms with Crippen LogP contribution in [0.3, 0.4) is 0 Å². The molecule has 0 aromatic heterocycles. The Hall–Kier alpha value is -0.360. The molecule has 9 heteroatoms. The molecule has 0 aliphatic carbocycles. The molecule has 0 aromatic carbocycles. The number of nitrogens with two attached hydrogens (primary N) is 2. The molecular formula is C12H30N2O7. The van der Waals surface area contributed by atoms with E-state index in [9.17, 15) is 0 Å². The van der Waals surface area contributed by atoms with Gasteiger partial charge in [0.15, 0.2) is 0 Å². The van der Waals surface area contributed by atoms with Crippen LogP contribution < -0.4 is 11.5 Å². The second kappa shape index (κ2) is 13.3. The van der Waals surface area contributed by atoms with E-state index in [1.165, 1.54) is 0 Å². The minimum Gasteiger partial charge on any atom is -0.396 e. The first-order chi connectivity index (χ1) is 9.99. The molecule has 130 valence electrons. The first-order valence-electron chi connectivity index (χ1n) is 6.62. The van der Waals surface area contributed by atoms with Crippen molar-refractivity contribution < 1.29 is 35.4 Å². The van der Waals surface area contributed by atoms with Crippen molar-refractivity contribution in [2.75, 3.05) is 65.9 Å². The van der Waals surface area contributed by atoms with Crippen LogP contribution in [-0.2, 0) is 4.74 Å². The summed E-state index contributed by atoms with van der Waals surface area (Å²) in [4.78, 5) is 0. The van der Waals surface area contributed by atoms with E-state index in [4.69, 9.17) is 46.8 Å². The normalized spacial score (nSPS) is 12.0. The second-order valence-electron chi connectivity index (χ2n) is 5.02. The van der Waals surface area contributed by atoms with Crippen LogP contribution in [0.1, 0.15) is 0 Å². The van der Waals surface area contributed by atoms with Crippen molar-refractivity contribution in [1.82, 2.24) is 0 Å². The molecule has 21 heavy (non-hydrogen) atoms. The van der Waals surface area contributed by atoms with Gasteiger partial charge in [0.05, 0.1) is 63.7 Å². The van der Waals surface area contributed by atoms with Crippen LogP contribution in [0.5, 0.6) is 0 Å². The van der Waals surface area contributed by atoms with Crippen LogP contribution in [-0.4, -0.2) is 96.6 Å². The first kappa shape index (κ1) is 22.9. The Bertz CT molecular complexity index is 185. The van der Waals surface area contributed by atoms with Gasteiger partial charge >= 0.3 is 0 Å². The Morgan fingerprint density at radius 3 is 0.952 bits per heavy atom. The Morgan fingerprint density at radius 2 is 0.810 bits per heavy atom. The smallest absolute Gasteiger partial charge is 0.0629 e. The Kier molecular flexibility index (Phi) is 14.5. The van der Waals surface area contributed by atoms with Gasteiger partial charge in [-0.15, -0.1) is 0 Å². The van der Waals surface area contributed by atoms with Crippen molar-refractivity contribution in [1.29, 1.82) is 0 Å². The van der Waals surface area contributed by atoms with Crippen molar-refractivity contribution in [2.24, 2.45) is 22.3 Å². The standard InChI is InChI=1S/C10H22O7.C2H8N2/c11-1-9(2-12,3-13)7-17-8-10(4-14,5-15)6-16;3-1-2-4/h11-16H,1-8H2;1-4H2. The van der Waals surface area contributed by atoms with Gasteiger partial charge in [0.1, 0.15) is 0 Å². The maximum atomic E-state index is 9.03. The van der Waals surface area contributed by atoms with Gasteiger partial charge in [0.2, 0.25) is 0 Å². The van der Waals surface area contributed by atoms with Crippen LogP contribution in [0.15, 0.2) is 0 Å². The van der Waals surface area contributed by atoms with Gasteiger partial charge in [-0.25, -0.2) is 0 Å². The van der Waals surface area contributed by atoms with Gasteiger partial charge in [-0.3, -0.25) is 0 Å². The molecule has 0 rings (SSSR count). The van der Waals surface area contributed by atoms with Crippen LogP contribution in [0.2, 0.25) is 0 Å². The van der Waals surface area contributed by atoms with Crippen molar-refractivity contribution in [2.45, 2.75) is 0 Å². The zero-order valence-corrected chi connectivity index (χ0v) is 12.3. The van der Waals surface area contributed by atoms with Gasteiger partial charge in [0, 0.05) is 13.1 Å². The van der Waals surface area contributed by atoms with E-state index in [0.29, 0.717) is 13.1 Å². The molecule has 0 saturated carbocycles. The first-order valence-corrected chi connectivity index (χ1v) is 6.62. The quantitative estimate of drug-likeness (QED) is 0.187. The van der Waals surface area contributed by atoms with Crippen LogP contribution in [0.4, 0.5) is 0 Å².